The largest absolute Gasteiger partial charge is 0.480 e. The summed E-state index contributed by atoms with van der Waals surface area (Å²) >= 11 is 0. The number of carbonyl (C=O) groups excluding carboxylic acids is 1. The van der Waals surface area contributed by atoms with Gasteiger partial charge in [-0.05, 0) is 12.8 Å². The normalized spacial score (nSPS) is 11.9. The van der Waals surface area contributed by atoms with Crippen LogP contribution in [0.15, 0.2) is 0 Å². The number of carboxylic acids is 1. The van der Waals surface area contributed by atoms with Crippen LogP contribution in [0.4, 0.5) is 0 Å². The topological polar surface area (TPSA) is 66.4 Å². The Labute approximate surface area is 103 Å². The highest BCUT2D eigenvalue weighted by Gasteiger charge is 2.23. The number of aliphatic carboxylic acids is 1. The van der Waals surface area contributed by atoms with Crippen LogP contribution in [0.2, 0.25) is 0 Å². The molecule has 2 N–H and O–H groups in total. The zero-order chi connectivity index (χ0) is 13.3. The molecule has 1 unspecified atom stereocenters. The molecule has 0 aromatic heterocycles. The Morgan fingerprint density at radius 2 is 1.82 bits per heavy atom. The number of hydrogen-bond acceptors (Lipinski definition) is 2. The van der Waals surface area contributed by atoms with Gasteiger partial charge in [0.25, 0.3) is 0 Å². The van der Waals surface area contributed by atoms with Gasteiger partial charge in [-0.15, -0.1) is 12.3 Å². The van der Waals surface area contributed by atoms with Gasteiger partial charge in [0.15, 0.2) is 0 Å². The predicted octanol–water partition coefficient (Wildman–Crippen LogP) is 1.80. The van der Waals surface area contributed by atoms with Crippen molar-refractivity contribution >= 4 is 11.9 Å². The molecule has 0 saturated carbocycles. The number of rotatable bonds is 8. The van der Waals surface area contributed by atoms with Gasteiger partial charge in [-0.25, -0.2) is 4.79 Å². The lowest BCUT2D eigenvalue weighted by Crippen LogP contribution is -2.43. The molecule has 0 radical (unpaired) electrons. The first-order valence-corrected chi connectivity index (χ1v) is 6.03. The molecule has 4 heteroatoms. The molecule has 0 rings (SSSR count). The van der Waals surface area contributed by atoms with E-state index in [0.717, 1.165) is 25.7 Å². The minimum Gasteiger partial charge on any atom is -0.480 e. The van der Waals surface area contributed by atoms with Crippen LogP contribution < -0.4 is 5.32 Å². The maximum absolute atomic E-state index is 11.9. The van der Waals surface area contributed by atoms with Crippen LogP contribution in [0, 0.1) is 18.3 Å². The van der Waals surface area contributed by atoms with Gasteiger partial charge < -0.3 is 10.4 Å². The van der Waals surface area contributed by atoms with E-state index in [-0.39, 0.29) is 18.2 Å². The van der Waals surface area contributed by atoms with E-state index in [4.69, 9.17) is 11.5 Å². The average Bonchev–Trinajstić information content (AvgIpc) is 2.28. The highest BCUT2D eigenvalue weighted by atomic mass is 16.4. The summed E-state index contributed by atoms with van der Waals surface area (Å²) in [7, 11) is 0. The number of carboxylic acid groups (broad SMARTS) is 1. The molecule has 0 aromatic carbocycles. The molecule has 0 aliphatic heterocycles. The van der Waals surface area contributed by atoms with Crippen LogP contribution in [0.1, 0.15) is 46.0 Å². The number of carbonyl (C=O) groups is 2. The molecular weight excluding hydrogens is 218 g/mol. The Kier molecular flexibility index (Phi) is 7.87. The number of terminal acetylenes is 1. The highest BCUT2D eigenvalue weighted by Crippen LogP contribution is 2.14. The second kappa shape index (κ2) is 8.63. The van der Waals surface area contributed by atoms with E-state index in [9.17, 15) is 9.59 Å². The third-order valence-corrected chi connectivity index (χ3v) is 2.58. The molecule has 0 heterocycles. The summed E-state index contributed by atoms with van der Waals surface area (Å²) < 4.78 is 0. The van der Waals surface area contributed by atoms with Gasteiger partial charge in [0.1, 0.15) is 6.04 Å². The van der Waals surface area contributed by atoms with Crippen LogP contribution in [0.3, 0.4) is 0 Å². The van der Waals surface area contributed by atoms with Gasteiger partial charge in [0, 0.05) is 12.3 Å². The lowest BCUT2D eigenvalue weighted by atomic mass is 9.97. The van der Waals surface area contributed by atoms with E-state index in [1.807, 2.05) is 13.8 Å². The van der Waals surface area contributed by atoms with Crippen LogP contribution in [0.25, 0.3) is 0 Å². The first-order valence-electron chi connectivity index (χ1n) is 6.03. The van der Waals surface area contributed by atoms with E-state index in [2.05, 4.69) is 11.2 Å². The van der Waals surface area contributed by atoms with E-state index < -0.39 is 12.0 Å². The molecule has 0 spiro atoms. The minimum absolute atomic E-state index is 0.0199. The van der Waals surface area contributed by atoms with Crippen molar-refractivity contribution in [2.45, 2.75) is 52.0 Å². The molecule has 0 aliphatic carbocycles. The van der Waals surface area contributed by atoms with Crippen LogP contribution in [-0.4, -0.2) is 23.0 Å². The van der Waals surface area contributed by atoms with Crippen molar-refractivity contribution in [3.8, 4) is 12.3 Å². The molecule has 96 valence electrons. The molecule has 4 nitrogen and oxygen atoms in total. The molecule has 17 heavy (non-hydrogen) atoms. The fraction of sp³-hybridized carbons (Fsp3) is 0.692. The van der Waals surface area contributed by atoms with Crippen molar-refractivity contribution in [1.29, 1.82) is 0 Å². The van der Waals surface area contributed by atoms with Gasteiger partial charge in [-0.3, -0.25) is 4.79 Å². The van der Waals surface area contributed by atoms with Crippen molar-refractivity contribution in [3.63, 3.8) is 0 Å². The summed E-state index contributed by atoms with van der Waals surface area (Å²) in [5, 5.41) is 11.4. The van der Waals surface area contributed by atoms with Crippen molar-refractivity contribution in [2.75, 3.05) is 0 Å². The van der Waals surface area contributed by atoms with Crippen molar-refractivity contribution < 1.29 is 14.7 Å². The number of hydrogen-bond donors (Lipinski definition) is 2. The molecule has 1 amide bonds. The summed E-state index contributed by atoms with van der Waals surface area (Å²) in [5.74, 6) is 0.877. The monoisotopic (exact) mass is 239 g/mol. The Bertz CT molecular complexity index is 288. The SMILES string of the molecule is C#CCC(NC(=O)C(CCC)CCC)C(=O)O. The maximum atomic E-state index is 11.9. The van der Waals surface area contributed by atoms with Crippen LogP contribution in [0.5, 0.6) is 0 Å². The van der Waals surface area contributed by atoms with Crippen molar-refractivity contribution in [1.82, 2.24) is 5.32 Å². The van der Waals surface area contributed by atoms with Crippen molar-refractivity contribution in [2.24, 2.45) is 5.92 Å². The maximum Gasteiger partial charge on any atom is 0.327 e. The van der Waals surface area contributed by atoms with E-state index >= 15 is 0 Å². The Hall–Kier alpha value is -1.50. The fourth-order valence-electron chi connectivity index (χ4n) is 1.71. The van der Waals surface area contributed by atoms with Gasteiger partial charge in [0.2, 0.25) is 5.91 Å². The highest BCUT2D eigenvalue weighted by molar-refractivity contribution is 5.85. The molecule has 0 aliphatic rings. The zero-order valence-electron chi connectivity index (χ0n) is 10.5. The average molecular weight is 239 g/mol. The van der Waals surface area contributed by atoms with E-state index in [1.165, 1.54) is 0 Å². The Morgan fingerprint density at radius 1 is 1.29 bits per heavy atom. The predicted molar refractivity (Wildman–Crippen MR) is 66.3 cm³/mol. The first kappa shape index (κ1) is 15.5. The fourth-order valence-corrected chi connectivity index (χ4v) is 1.71. The Morgan fingerprint density at radius 3 is 2.18 bits per heavy atom. The van der Waals surface area contributed by atoms with Crippen LogP contribution in [-0.2, 0) is 9.59 Å². The summed E-state index contributed by atoms with van der Waals surface area (Å²) in [4.78, 5) is 22.7. The van der Waals surface area contributed by atoms with Gasteiger partial charge in [-0.1, -0.05) is 26.7 Å². The summed E-state index contributed by atoms with van der Waals surface area (Å²) in [6.07, 6.45) is 8.47. The Balaban J connectivity index is 4.45. The van der Waals surface area contributed by atoms with Gasteiger partial charge >= 0.3 is 5.97 Å². The van der Waals surface area contributed by atoms with E-state index in [0.29, 0.717) is 0 Å². The standard InChI is InChI=1S/C13H21NO3/c1-4-7-10(8-5-2)12(15)14-11(9-6-3)13(16)17/h3,10-11H,4-5,7-9H2,1-2H3,(H,14,15)(H,16,17). The molecule has 1 atom stereocenters. The summed E-state index contributed by atoms with van der Waals surface area (Å²) in [6.45, 7) is 4.01. The second-order valence-electron chi connectivity index (χ2n) is 4.08. The third-order valence-electron chi connectivity index (χ3n) is 2.58. The zero-order valence-corrected chi connectivity index (χ0v) is 10.5. The van der Waals surface area contributed by atoms with Gasteiger partial charge in [-0.2, -0.15) is 0 Å². The minimum atomic E-state index is -1.08. The summed E-state index contributed by atoms with van der Waals surface area (Å²) in [5.41, 5.74) is 0. The molecule has 0 aromatic rings. The molecule has 0 saturated heterocycles. The number of amides is 1. The molecule has 0 bridgehead atoms. The second-order valence-corrected chi connectivity index (χ2v) is 4.08. The quantitative estimate of drug-likeness (QED) is 0.635. The van der Waals surface area contributed by atoms with E-state index in [1.54, 1.807) is 0 Å². The van der Waals surface area contributed by atoms with Gasteiger partial charge in [0.05, 0.1) is 0 Å². The molecule has 0 fully saturated rings. The molecular formula is C13H21NO3. The first-order chi connectivity index (χ1) is 8.06. The third kappa shape index (κ3) is 5.96. The van der Waals surface area contributed by atoms with Crippen molar-refractivity contribution in [3.05, 3.63) is 0 Å². The lowest BCUT2D eigenvalue weighted by molar-refractivity contribution is -0.142. The van der Waals surface area contributed by atoms with Crippen LogP contribution >= 0.6 is 0 Å². The number of nitrogens with one attached hydrogen (secondary N) is 1. The summed E-state index contributed by atoms with van der Waals surface area (Å²) in [6, 6.07) is -0.969. The smallest absolute Gasteiger partial charge is 0.327 e. The lowest BCUT2D eigenvalue weighted by Gasteiger charge is -2.18.